The number of guanidine groups is 1. The molecular formula is C23H35FIN5OS. The first kappa shape index (κ1) is 27.0. The number of halogens is 2. The summed E-state index contributed by atoms with van der Waals surface area (Å²) in [5.74, 6) is 0.582. The van der Waals surface area contributed by atoms with Crippen molar-refractivity contribution in [2.24, 2.45) is 4.99 Å². The Balaban J connectivity index is 0.00000363. The van der Waals surface area contributed by atoms with E-state index in [9.17, 15) is 4.39 Å². The molecular weight excluding hydrogens is 540 g/mol. The summed E-state index contributed by atoms with van der Waals surface area (Å²) >= 11 is 1.78. The lowest BCUT2D eigenvalue weighted by atomic mass is 10.1. The minimum atomic E-state index is -0.216. The van der Waals surface area contributed by atoms with Crippen LogP contribution in [0.1, 0.15) is 29.4 Å². The molecule has 2 heterocycles. The molecule has 0 bridgehead atoms. The lowest BCUT2D eigenvalue weighted by Gasteiger charge is -2.33. The van der Waals surface area contributed by atoms with Gasteiger partial charge in [0.1, 0.15) is 5.82 Å². The molecule has 2 atom stereocenters. The third-order valence-electron chi connectivity index (χ3n) is 5.47. The van der Waals surface area contributed by atoms with Gasteiger partial charge in [-0.05, 0) is 50.2 Å². The molecule has 0 saturated carbocycles. The predicted octanol–water partition coefficient (Wildman–Crippen LogP) is 3.74. The Bertz CT molecular complexity index is 797. The van der Waals surface area contributed by atoms with Crippen LogP contribution in [0.5, 0.6) is 0 Å². The fourth-order valence-electron chi connectivity index (χ4n) is 3.75. The van der Waals surface area contributed by atoms with Gasteiger partial charge < -0.3 is 20.3 Å². The number of nitrogens with zero attached hydrogens (tertiary/aromatic N) is 3. The summed E-state index contributed by atoms with van der Waals surface area (Å²) in [7, 11) is 4.07. The number of benzene rings is 1. The molecule has 2 unspecified atom stereocenters. The van der Waals surface area contributed by atoms with E-state index < -0.39 is 0 Å². The highest BCUT2D eigenvalue weighted by Gasteiger charge is 2.23. The largest absolute Gasteiger partial charge is 0.379 e. The highest BCUT2D eigenvalue weighted by atomic mass is 127. The van der Waals surface area contributed by atoms with Crippen LogP contribution < -0.4 is 10.6 Å². The fraction of sp³-hybridized carbons (Fsp3) is 0.522. The maximum atomic E-state index is 13.3. The fourth-order valence-corrected chi connectivity index (χ4v) is 4.60. The normalized spacial score (nSPS) is 17.0. The van der Waals surface area contributed by atoms with Crippen molar-refractivity contribution < 1.29 is 9.13 Å². The number of hydrogen-bond donors (Lipinski definition) is 2. The zero-order valence-electron chi connectivity index (χ0n) is 19.1. The molecule has 9 heteroatoms. The van der Waals surface area contributed by atoms with Crippen LogP contribution in [-0.4, -0.2) is 75.8 Å². The van der Waals surface area contributed by atoms with Gasteiger partial charge in [0.2, 0.25) is 0 Å². The Labute approximate surface area is 212 Å². The van der Waals surface area contributed by atoms with Crippen LogP contribution in [0.2, 0.25) is 0 Å². The number of likely N-dealkylation sites (N-methyl/N-ethyl adjacent to an activating group) is 1. The minimum absolute atomic E-state index is 0. The Morgan fingerprint density at radius 2 is 1.91 bits per heavy atom. The van der Waals surface area contributed by atoms with E-state index in [2.05, 4.69) is 44.9 Å². The van der Waals surface area contributed by atoms with E-state index in [4.69, 9.17) is 9.73 Å². The van der Waals surface area contributed by atoms with Crippen molar-refractivity contribution in [1.82, 2.24) is 20.4 Å². The van der Waals surface area contributed by atoms with Crippen LogP contribution in [-0.2, 0) is 4.74 Å². The number of thiophene rings is 1. The van der Waals surface area contributed by atoms with Crippen molar-refractivity contribution in [2.45, 2.75) is 19.0 Å². The van der Waals surface area contributed by atoms with E-state index in [1.807, 2.05) is 26.2 Å². The Kier molecular flexibility index (Phi) is 11.9. The Hall–Kier alpha value is -1.27. The third kappa shape index (κ3) is 7.95. The van der Waals surface area contributed by atoms with Gasteiger partial charge in [0.15, 0.2) is 5.96 Å². The molecule has 2 N–H and O–H groups in total. The topological polar surface area (TPSA) is 52.1 Å². The number of nitrogens with one attached hydrogen (secondary N) is 2. The lowest BCUT2D eigenvalue weighted by Crippen LogP contribution is -2.43. The lowest BCUT2D eigenvalue weighted by molar-refractivity contribution is 0.0186. The smallest absolute Gasteiger partial charge is 0.191 e. The van der Waals surface area contributed by atoms with Crippen molar-refractivity contribution in [1.29, 1.82) is 0 Å². The maximum Gasteiger partial charge on any atom is 0.191 e. The van der Waals surface area contributed by atoms with Gasteiger partial charge in [-0.25, -0.2) is 4.39 Å². The van der Waals surface area contributed by atoms with Crippen LogP contribution in [0, 0.1) is 5.82 Å². The van der Waals surface area contributed by atoms with E-state index in [0.717, 1.165) is 44.4 Å². The second-order valence-corrected chi connectivity index (χ2v) is 8.79. The van der Waals surface area contributed by atoms with E-state index in [0.29, 0.717) is 13.1 Å². The van der Waals surface area contributed by atoms with Gasteiger partial charge in [0.25, 0.3) is 0 Å². The third-order valence-corrected chi connectivity index (χ3v) is 6.44. The molecule has 0 amide bonds. The summed E-state index contributed by atoms with van der Waals surface area (Å²) in [6.45, 7) is 7.60. The van der Waals surface area contributed by atoms with Crippen molar-refractivity contribution in [3.8, 4) is 0 Å². The Morgan fingerprint density at radius 1 is 1.19 bits per heavy atom. The van der Waals surface area contributed by atoms with Crippen molar-refractivity contribution in [2.75, 3.05) is 60.0 Å². The van der Waals surface area contributed by atoms with Crippen molar-refractivity contribution in [3.63, 3.8) is 0 Å². The van der Waals surface area contributed by atoms with Gasteiger partial charge in [-0.15, -0.1) is 35.3 Å². The first-order valence-electron chi connectivity index (χ1n) is 10.9. The number of morpholine rings is 1. The summed E-state index contributed by atoms with van der Waals surface area (Å²) in [6.07, 6.45) is 0. The van der Waals surface area contributed by atoms with E-state index >= 15 is 0 Å². The quantitative estimate of drug-likeness (QED) is 0.271. The second-order valence-electron chi connectivity index (χ2n) is 7.81. The van der Waals surface area contributed by atoms with Crippen molar-refractivity contribution in [3.05, 3.63) is 58.0 Å². The molecule has 1 saturated heterocycles. The first-order chi connectivity index (χ1) is 15.1. The maximum absolute atomic E-state index is 13.3. The molecule has 1 fully saturated rings. The van der Waals surface area contributed by atoms with Crippen LogP contribution in [0.4, 0.5) is 4.39 Å². The molecule has 178 valence electrons. The van der Waals surface area contributed by atoms with Gasteiger partial charge in [0.05, 0.1) is 31.8 Å². The number of aliphatic imine (C=N–C) groups is 1. The van der Waals surface area contributed by atoms with Crippen LogP contribution in [0.3, 0.4) is 0 Å². The van der Waals surface area contributed by atoms with Gasteiger partial charge in [-0.2, -0.15) is 0 Å². The van der Waals surface area contributed by atoms with Gasteiger partial charge in [-0.3, -0.25) is 9.89 Å². The molecule has 1 aliphatic rings. The average Bonchev–Trinajstić information content (AvgIpc) is 3.30. The van der Waals surface area contributed by atoms with E-state index in [1.165, 1.54) is 17.0 Å². The van der Waals surface area contributed by atoms with Gasteiger partial charge in [-0.1, -0.05) is 18.2 Å². The standard InChI is InChI=1S/C23H34FN5OS.HI/c1-4-25-23(26-16-20(28(2)3)18-7-9-19(24)10-8-18)27-17-21(22-6-5-15-31-22)29-11-13-30-14-12-29;/h5-10,15,20-21H,4,11-14,16-17H2,1-3H3,(H2,25,26,27);1H. The summed E-state index contributed by atoms with van der Waals surface area (Å²) in [4.78, 5) is 10.8. The molecule has 3 rings (SSSR count). The average molecular weight is 576 g/mol. The van der Waals surface area contributed by atoms with Crippen LogP contribution >= 0.6 is 35.3 Å². The number of rotatable bonds is 9. The van der Waals surface area contributed by atoms with Gasteiger partial charge >= 0.3 is 0 Å². The molecule has 6 nitrogen and oxygen atoms in total. The summed E-state index contributed by atoms with van der Waals surface area (Å²) < 4.78 is 18.9. The summed E-state index contributed by atoms with van der Waals surface area (Å²) in [5.41, 5.74) is 1.07. The number of hydrogen-bond acceptors (Lipinski definition) is 5. The monoisotopic (exact) mass is 575 g/mol. The Morgan fingerprint density at radius 3 is 2.50 bits per heavy atom. The molecule has 1 aliphatic heterocycles. The summed E-state index contributed by atoms with van der Waals surface area (Å²) in [5, 5.41) is 8.97. The first-order valence-corrected chi connectivity index (χ1v) is 11.8. The molecule has 2 aromatic rings. The highest BCUT2D eigenvalue weighted by molar-refractivity contribution is 14.0. The molecule has 1 aromatic heterocycles. The SMILES string of the molecule is CCNC(=NCC(c1cccs1)N1CCOCC1)NCC(c1ccc(F)cc1)N(C)C.I. The highest BCUT2D eigenvalue weighted by Crippen LogP contribution is 2.26. The molecule has 0 radical (unpaired) electrons. The van der Waals surface area contributed by atoms with E-state index in [1.54, 1.807) is 11.3 Å². The second kappa shape index (κ2) is 14.1. The number of ether oxygens (including phenoxy) is 1. The molecule has 0 aliphatic carbocycles. The zero-order valence-corrected chi connectivity index (χ0v) is 22.2. The van der Waals surface area contributed by atoms with E-state index in [-0.39, 0.29) is 41.9 Å². The minimum Gasteiger partial charge on any atom is -0.379 e. The van der Waals surface area contributed by atoms with Crippen molar-refractivity contribution >= 4 is 41.3 Å². The summed E-state index contributed by atoms with van der Waals surface area (Å²) in [6, 6.07) is 11.4. The van der Waals surface area contributed by atoms with Crippen LogP contribution in [0.15, 0.2) is 46.8 Å². The van der Waals surface area contributed by atoms with Gasteiger partial charge in [0, 0.05) is 31.1 Å². The van der Waals surface area contributed by atoms with Crippen LogP contribution in [0.25, 0.3) is 0 Å². The zero-order chi connectivity index (χ0) is 22.1. The molecule has 1 aromatic carbocycles. The molecule has 32 heavy (non-hydrogen) atoms. The molecule has 0 spiro atoms. The predicted molar refractivity (Wildman–Crippen MR) is 142 cm³/mol.